The zero-order valence-corrected chi connectivity index (χ0v) is 18.1. The van der Waals surface area contributed by atoms with Crippen molar-refractivity contribution in [1.29, 1.82) is 0 Å². The Labute approximate surface area is 190 Å². The van der Waals surface area contributed by atoms with Crippen molar-refractivity contribution in [1.82, 2.24) is 4.90 Å². The zero-order chi connectivity index (χ0) is 23.1. The summed E-state index contributed by atoms with van der Waals surface area (Å²) in [6.45, 7) is 4.17. The van der Waals surface area contributed by atoms with Gasteiger partial charge < -0.3 is 14.8 Å². The predicted octanol–water partition coefficient (Wildman–Crippen LogP) is 4.56. The number of ether oxygens (including phenoxy) is 2. The van der Waals surface area contributed by atoms with E-state index in [1.54, 1.807) is 18.2 Å². The van der Waals surface area contributed by atoms with Crippen LogP contribution in [-0.2, 0) is 16.1 Å². The van der Waals surface area contributed by atoms with E-state index < -0.39 is 11.8 Å². The summed E-state index contributed by atoms with van der Waals surface area (Å²) in [5, 5.41) is 3.04. The lowest BCUT2D eigenvalue weighted by atomic mass is 9.99. The maximum absolute atomic E-state index is 13.5. The predicted molar refractivity (Wildman–Crippen MR) is 121 cm³/mol. The third kappa shape index (κ3) is 3.82. The number of carbonyl (C=O) groups is 2. The maximum atomic E-state index is 13.5. The number of hydrogen-bond donors (Lipinski definition) is 1. The first-order chi connectivity index (χ1) is 15.9. The van der Waals surface area contributed by atoms with E-state index >= 15 is 0 Å². The number of aryl methyl sites for hydroxylation is 2. The van der Waals surface area contributed by atoms with Gasteiger partial charge in [-0.1, -0.05) is 24.3 Å². The second-order valence-electron chi connectivity index (χ2n) is 8.06. The summed E-state index contributed by atoms with van der Waals surface area (Å²) in [6, 6.07) is 16.6. The number of nitrogens with one attached hydrogen (secondary N) is 1. The molecule has 33 heavy (non-hydrogen) atoms. The summed E-state index contributed by atoms with van der Waals surface area (Å²) >= 11 is 0. The van der Waals surface area contributed by atoms with E-state index in [4.69, 9.17) is 9.47 Å². The van der Waals surface area contributed by atoms with E-state index in [1.165, 1.54) is 29.2 Å². The van der Waals surface area contributed by atoms with Crippen LogP contribution >= 0.6 is 0 Å². The molecular formula is C26H21FN2O4. The fourth-order valence-corrected chi connectivity index (χ4v) is 3.90. The van der Waals surface area contributed by atoms with Gasteiger partial charge in [0.2, 0.25) is 6.79 Å². The largest absolute Gasteiger partial charge is 0.454 e. The van der Waals surface area contributed by atoms with Crippen LogP contribution in [0.1, 0.15) is 22.3 Å². The van der Waals surface area contributed by atoms with Crippen LogP contribution in [-0.4, -0.2) is 23.5 Å². The van der Waals surface area contributed by atoms with Gasteiger partial charge in [-0.15, -0.1) is 0 Å². The number of hydrogen-bond acceptors (Lipinski definition) is 5. The van der Waals surface area contributed by atoms with E-state index in [9.17, 15) is 14.0 Å². The molecule has 5 rings (SSSR count). The van der Waals surface area contributed by atoms with Crippen molar-refractivity contribution in [3.05, 3.63) is 94.4 Å². The molecule has 0 radical (unpaired) electrons. The molecule has 7 heteroatoms. The average Bonchev–Trinajstić information content (AvgIpc) is 3.36. The van der Waals surface area contributed by atoms with Gasteiger partial charge in [0.25, 0.3) is 11.8 Å². The number of fused-ring (bicyclic) bond motifs is 1. The Hall–Kier alpha value is -4.13. The summed E-state index contributed by atoms with van der Waals surface area (Å²) in [4.78, 5) is 28.1. The Morgan fingerprint density at radius 2 is 1.64 bits per heavy atom. The molecule has 6 nitrogen and oxygen atoms in total. The fourth-order valence-electron chi connectivity index (χ4n) is 3.90. The Morgan fingerprint density at radius 1 is 0.879 bits per heavy atom. The monoisotopic (exact) mass is 444 g/mol. The molecular weight excluding hydrogens is 423 g/mol. The topological polar surface area (TPSA) is 67.9 Å². The van der Waals surface area contributed by atoms with Gasteiger partial charge >= 0.3 is 0 Å². The highest BCUT2D eigenvalue weighted by atomic mass is 19.1. The van der Waals surface area contributed by atoms with Crippen LogP contribution in [0.5, 0.6) is 11.5 Å². The molecule has 0 saturated heterocycles. The lowest BCUT2D eigenvalue weighted by Gasteiger charge is -2.16. The third-order valence-electron chi connectivity index (χ3n) is 5.85. The number of benzene rings is 3. The van der Waals surface area contributed by atoms with Crippen LogP contribution in [0.15, 0.2) is 66.4 Å². The molecule has 0 bridgehead atoms. The Kier molecular flexibility index (Phi) is 5.09. The number of nitrogens with zero attached hydrogens (tertiary/aromatic N) is 1. The standard InChI is InChI=1S/C26H21FN2O4/c1-15-3-5-18(11-16(15)2)23-24(28-20-8-6-19(27)7-9-20)26(31)29(25(23)30)13-17-4-10-21-22(12-17)33-14-32-21/h3-12,28H,13-14H2,1-2H3. The number of carbonyl (C=O) groups excluding carboxylic acids is 2. The van der Waals surface area contributed by atoms with Crippen LogP contribution in [0, 0.1) is 19.7 Å². The first-order valence-electron chi connectivity index (χ1n) is 10.5. The summed E-state index contributed by atoms with van der Waals surface area (Å²) in [5.41, 5.74) is 4.44. The Bertz CT molecular complexity index is 1310. The smallest absolute Gasteiger partial charge is 0.278 e. The van der Waals surface area contributed by atoms with Gasteiger partial charge in [-0.2, -0.15) is 0 Å². The second-order valence-corrected chi connectivity index (χ2v) is 8.06. The minimum Gasteiger partial charge on any atom is -0.454 e. The minimum absolute atomic E-state index is 0.0806. The van der Waals surface area contributed by atoms with Crippen molar-refractivity contribution in [2.75, 3.05) is 12.1 Å². The SMILES string of the molecule is Cc1ccc(C2=C(Nc3ccc(F)cc3)C(=O)N(Cc3ccc4c(c3)OCO4)C2=O)cc1C. The molecule has 3 aromatic carbocycles. The van der Waals surface area contributed by atoms with Gasteiger partial charge in [0.1, 0.15) is 11.5 Å². The molecule has 2 aliphatic rings. The third-order valence-corrected chi connectivity index (χ3v) is 5.85. The van der Waals surface area contributed by atoms with Crippen molar-refractivity contribution in [3.63, 3.8) is 0 Å². The van der Waals surface area contributed by atoms with Crippen LogP contribution in [0.3, 0.4) is 0 Å². The highest BCUT2D eigenvalue weighted by molar-refractivity contribution is 6.36. The number of anilines is 1. The van der Waals surface area contributed by atoms with E-state index in [0.717, 1.165) is 16.7 Å². The van der Waals surface area contributed by atoms with Gasteiger partial charge in [-0.05, 0) is 72.5 Å². The van der Waals surface area contributed by atoms with Crippen LogP contribution in [0.25, 0.3) is 5.57 Å². The normalized spacial score (nSPS) is 14.9. The van der Waals surface area contributed by atoms with E-state index in [0.29, 0.717) is 22.7 Å². The van der Waals surface area contributed by atoms with Crippen LogP contribution < -0.4 is 14.8 Å². The second kappa shape index (κ2) is 8.09. The van der Waals surface area contributed by atoms with Crippen molar-refractivity contribution in [2.45, 2.75) is 20.4 Å². The fraction of sp³-hybridized carbons (Fsp3) is 0.154. The van der Waals surface area contributed by atoms with E-state index in [1.807, 2.05) is 32.0 Å². The van der Waals surface area contributed by atoms with Gasteiger partial charge in [0, 0.05) is 5.69 Å². The molecule has 0 saturated carbocycles. The van der Waals surface area contributed by atoms with Gasteiger partial charge in [-0.3, -0.25) is 14.5 Å². The van der Waals surface area contributed by atoms with Crippen LogP contribution in [0.4, 0.5) is 10.1 Å². The molecule has 0 atom stereocenters. The summed E-state index contributed by atoms with van der Waals surface area (Å²) in [6.07, 6.45) is 0. The van der Waals surface area contributed by atoms with E-state index in [-0.39, 0.29) is 30.4 Å². The summed E-state index contributed by atoms with van der Waals surface area (Å²) in [5.74, 6) is -0.0213. The highest BCUT2D eigenvalue weighted by Gasteiger charge is 2.39. The molecule has 1 N–H and O–H groups in total. The molecule has 0 fully saturated rings. The molecule has 2 heterocycles. The van der Waals surface area contributed by atoms with E-state index in [2.05, 4.69) is 5.32 Å². The van der Waals surface area contributed by atoms with Gasteiger partial charge in [0.05, 0.1) is 12.1 Å². The van der Waals surface area contributed by atoms with Crippen molar-refractivity contribution in [3.8, 4) is 11.5 Å². The van der Waals surface area contributed by atoms with Crippen molar-refractivity contribution >= 4 is 23.1 Å². The van der Waals surface area contributed by atoms with Crippen LogP contribution in [0.2, 0.25) is 0 Å². The van der Waals surface area contributed by atoms with Gasteiger partial charge in [0.15, 0.2) is 11.5 Å². The van der Waals surface area contributed by atoms with Crippen molar-refractivity contribution in [2.24, 2.45) is 0 Å². The molecule has 3 aromatic rings. The zero-order valence-electron chi connectivity index (χ0n) is 18.1. The molecule has 2 amide bonds. The summed E-state index contributed by atoms with van der Waals surface area (Å²) < 4.78 is 24.1. The summed E-state index contributed by atoms with van der Waals surface area (Å²) in [7, 11) is 0. The maximum Gasteiger partial charge on any atom is 0.278 e. The highest BCUT2D eigenvalue weighted by Crippen LogP contribution is 2.35. The first-order valence-corrected chi connectivity index (χ1v) is 10.5. The first kappa shape index (κ1) is 20.8. The number of halogens is 1. The number of rotatable bonds is 5. The number of imide groups is 1. The molecule has 0 aromatic heterocycles. The lowest BCUT2D eigenvalue weighted by molar-refractivity contribution is -0.137. The van der Waals surface area contributed by atoms with Gasteiger partial charge in [-0.25, -0.2) is 4.39 Å². The molecule has 0 unspecified atom stereocenters. The molecule has 0 spiro atoms. The molecule has 2 aliphatic heterocycles. The Balaban J connectivity index is 1.52. The molecule has 166 valence electrons. The Morgan fingerprint density at radius 3 is 2.39 bits per heavy atom. The average molecular weight is 444 g/mol. The quantitative estimate of drug-likeness (QED) is 0.585. The lowest BCUT2D eigenvalue weighted by Crippen LogP contribution is -2.32. The molecule has 0 aliphatic carbocycles. The minimum atomic E-state index is -0.449. The number of amides is 2. The van der Waals surface area contributed by atoms with Crippen molar-refractivity contribution < 1.29 is 23.5 Å².